The Balaban J connectivity index is 1.76. The molecule has 1 N–H and O–H groups in total. The molecule has 2 aromatic carbocycles. The SMILES string of the molecule is COc1cccc(O[C@@H](C)C(=O)NCCOc2cccc(C)c2C)c1. The summed E-state index contributed by atoms with van der Waals surface area (Å²) in [4.78, 5) is 12.1. The molecule has 134 valence electrons. The van der Waals surface area contributed by atoms with Crippen LogP contribution in [0.2, 0.25) is 0 Å². The Hall–Kier alpha value is -2.69. The largest absolute Gasteiger partial charge is 0.497 e. The van der Waals surface area contributed by atoms with Gasteiger partial charge in [-0.3, -0.25) is 4.79 Å². The average molecular weight is 343 g/mol. The standard InChI is InChI=1S/C20H25NO4/c1-14-7-5-10-19(15(14)2)24-12-11-21-20(22)16(3)25-18-9-6-8-17(13-18)23-4/h5-10,13,16H,11-12H2,1-4H3,(H,21,22)/t16-/m0/s1. The van der Waals surface area contributed by atoms with Crippen molar-refractivity contribution in [2.45, 2.75) is 26.9 Å². The van der Waals surface area contributed by atoms with Gasteiger partial charge in [-0.15, -0.1) is 0 Å². The summed E-state index contributed by atoms with van der Waals surface area (Å²) in [5.41, 5.74) is 2.30. The average Bonchev–Trinajstić information content (AvgIpc) is 2.62. The Kier molecular flexibility index (Phi) is 6.69. The monoisotopic (exact) mass is 343 g/mol. The van der Waals surface area contributed by atoms with E-state index in [0.29, 0.717) is 24.7 Å². The molecule has 0 aliphatic rings. The summed E-state index contributed by atoms with van der Waals surface area (Å²) in [5.74, 6) is 1.93. The van der Waals surface area contributed by atoms with E-state index in [1.807, 2.05) is 44.2 Å². The first-order valence-corrected chi connectivity index (χ1v) is 8.28. The van der Waals surface area contributed by atoms with Crippen LogP contribution in [0.25, 0.3) is 0 Å². The summed E-state index contributed by atoms with van der Waals surface area (Å²) < 4.78 is 16.5. The predicted molar refractivity (Wildman–Crippen MR) is 97.5 cm³/mol. The van der Waals surface area contributed by atoms with Crippen LogP contribution >= 0.6 is 0 Å². The minimum absolute atomic E-state index is 0.188. The number of nitrogens with one attached hydrogen (secondary N) is 1. The molecule has 2 rings (SSSR count). The molecule has 0 saturated heterocycles. The summed E-state index contributed by atoms with van der Waals surface area (Å²) in [5, 5.41) is 2.82. The number of ether oxygens (including phenoxy) is 3. The van der Waals surface area contributed by atoms with Gasteiger partial charge in [0.2, 0.25) is 0 Å². The lowest BCUT2D eigenvalue weighted by Gasteiger charge is -2.16. The molecule has 2 aromatic rings. The zero-order valence-electron chi connectivity index (χ0n) is 15.2. The third kappa shape index (κ3) is 5.41. The molecule has 1 amide bonds. The van der Waals surface area contributed by atoms with E-state index < -0.39 is 6.10 Å². The van der Waals surface area contributed by atoms with E-state index >= 15 is 0 Å². The second-order valence-corrected chi connectivity index (χ2v) is 5.78. The second kappa shape index (κ2) is 8.97. The number of carbonyl (C=O) groups is 1. The summed E-state index contributed by atoms with van der Waals surface area (Å²) in [6.45, 7) is 6.59. The van der Waals surface area contributed by atoms with Crippen LogP contribution in [0.15, 0.2) is 42.5 Å². The fraction of sp³-hybridized carbons (Fsp3) is 0.350. The van der Waals surface area contributed by atoms with Gasteiger partial charge in [-0.2, -0.15) is 0 Å². The maximum Gasteiger partial charge on any atom is 0.260 e. The van der Waals surface area contributed by atoms with E-state index in [-0.39, 0.29) is 5.91 Å². The molecular weight excluding hydrogens is 318 g/mol. The van der Waals surface area contributed by atoms with Crippen molar-refractivity contribution in [1.82, 2.24) is 5.32 Å². The van der Waals surface area contributed by atoms with Crippen LogP contribution in [0.5, 0.6) is 17.2 Å². The van der Waals surface area contributed by atoms with Crippen LogP contribution in [0.4, 0.5) is 0 Å². The normalized spacial score (nSPS) is 11.5. The molecule has 0 bridgehead atoms. The molecule has 0 fully saturated rings. The first-order valence-electron chi connectivity index (χ1n) is 8.28. The third-order valence-corrected chi connectivity index (χ3v) is 3.94. The van der Waals surface area contributed by atoms with E-state index in [0.717, 1.165) is 11.3 Å². The number of carbonyl (C=O) groups excluding carboxylic acids is 1. The number of rotatable bonds is 8. The zero-order valence-corrected chi connectivity index (χ0v) is 15.2. The summed E-state index contributed by atoms with van der Waals surface area (Å²) in [6.07, 6.45) is -0.604. The molecular formula is C20H25NO4. The van der Waals surface area contributed by atoms with Crippen molar-refractivity contribution in [3.8, 4) is 17.2 Å². The number of methoxy groups -OCH3 is 1. The molecule has 5 heteroatoms. The van der Waals surface area contributed by atoms with Gasteiger partial charge < -0.3 is 19.5 Å². The molecule has 25 heavy (non-hydrogen) atoms. The van der Waals surface area contributed by atoms with E-state index in [2.05, 4.69) is 5.32 Å². The Morgan fingerprint density at radius 3 is 2.60 bits per heavy atom. The van der Waals surface area contributed by atoms with Crippen molar-refractivity contribution in [3.63, 3.8) is 0 Å². The highest BCUT2D eigenvalue weighted by molar-refractivity contribution is 5.80. The van der Waals surface area contributed by atoms with Crippen molar-refractivity contribution >= 4 is 5.91 Å². The minimum Gasteiger partial charge on any atom is -0.497 e. The van der Waals surface area contributed by atoms with Gasteiger partial charge in [0.1, 0.15) is 23.9 Å². The minimum atomic E-state index is -0.604. The van der Waals surface area contributed by atoms with Gasteiger partial charge >= 0.3 is 0 Å². The van der Waals surface area contributed by atoms with Crippen molar-refractivity contribution in [2.24, 2.45) is 0 Å². The summed E-state index contributed by atoms with van der Waals surface area (Å²) in [7, 11) is 1.59. The highest BCUT2D eigenvalue weighted by atomic mass is 16.5. The van der Waals surface area contributed by atoms with Crippen LogP contribution < -0.4 is 19.5 Å². The van der Waals surface area contributed by atoms with Gasteiger partial charge in [-0.25, -0.2) is 0 Å². The van der Waals surface area contributed by atoms with Crippen molar-refractivity contribution in [2.75, 3.05) is 20.3 Å². The highest BCUT2D eigenvalue weighted by Crippen LogP contribution is 2.21. The molecule has 1 atom stereocenters. The Labute approximate surface area is 148 Å². The first-order chi connectivity index (χ1) is 12.0. The van der Waals surface area contributed by atoms with Crippen molar-refractivity contribution in [3.05, 3.63) is 53.6 Å². The fourth-order valence-electron chi connectivity index (χ4n) is 2.29. The van der Waals surface area contributed by atoms with Crippen LogP contribution in [0, 0.1) is 13.8 Å². The van der Waals surface area contributed by atoms with Crippen LogP contribution in [-0.2, 0) is 4.79 Å². The van der Waals surface area contributed by atoms with Gasteiger partial charge in [-0.1, -0.05) is 18.2 Å². The third-order valence-electron chi connectivity index (χ3n) is 3.94. The summed E-state index contributed by atoms with van der Waals surface area (Å²) >= 11 is 0. The van der Waals surface area contributed by atoms with Crippen LogP contribution in [-0.4, -0.2) is 32.3 Å². The zero-order chi connectivity index (χ0) is 18.2. The second-order valence-electron chi connectivity index (χ2n) is 5.78. The molecule has 5 nitrogen and oxygen atoms in total. The fourth-order valence-corrected chi connectivity index (χ4v) is 2.29. The maximum absolute atomic E-state index is 12.1. The molecule has 0 saturated carbocycles. The number of hydrogen-bond acceptors (Lipinski definition) is 4. The molecule has 0 unspecified atom stereocenters. The number of amides is 1. The quantitative estimate of drug-likeness (QED) is 0.748. The number of hydrogen-bond donors (Lipinski definition) is 1. The molecule has 0 aliphatic carbocycles. The number of benzene rings is 2. The highest BCUT2D eigenvalue weighted by Gasteiger charge is 2.14. The number of aryl methyl sites for hydroxylation is 1. The Morgan fingerprint density at radius 2 is 1.84 bits per heavy atom. The maximum atomic E-state index is 12.1. The van der Waals surface area contributed by atoms with Crippen LogP contribution in [0.1, 0.15) is 18.1 Å². The predicted octanol–water partition coefficient (Wildman–Crippen LogP) is 3.27. The van der Waals surface area contributed by atoms with E-state index in [4.69, 9.17) is 14.2 Å². The lowest BCUT2D eigenvalue weighted by atomic mass is 10.1. The molecule has 0 radical (unpaired) electrons. The Bertz CT molecular complexity index is 715. The van der Waals surface area contributed by atoms with Gasteiger partial charge in [-0.05, 0) is 50.1 Å². The molecule has 0 aromatic heterocycles. The van der Waals surface area contributed by atoms with E-state index in [1.165, 1.54) is 5.56 Å². The summed E-state index contributed by atoms with van der Waals surface area (Å²) in [6, 6.07) is 13.1. The van der Waals surface area contributed by atoms with Crippen molar-refractivity contribution in [1.29, 1.82) is 0 Å². The van der Waals surface area contributed by atoms with Gasteiger partial charge in [0.25, 0.3) is 5.91 Å². The van der Waals surface area contributed by atoms with Gasteiger partial charge in [0.15, 0.2) is 6.10 Å². The van der Waals surface area contributed by atoms with Crippen LogP contribution in [0.3, 0.4) is 0 Å². The molecule has 0 aliphatic heterocycles. The van der Waals surface area contributed by atoms with Crippen molar-refractivity contribution < 1.29 is 19.0 Å². The lowest BCUT2D eigenvalue weighted by Crippen LogP contribution is -2.38. The van der Waals surface area contributed by atoms with Gasteiger partial charge in [0.05, 0.1) is 13.7 Å². The smallest absolute Gasteiger partial charge is 0.260 e. The Morgan fingerprint density at radius 1 is 1.12 bits per heavy atom. The molecule has 0 heterocycles. The van der Waals surface area contributed by atoms with Gasteiger partial charge in [0, 0.05) is 6.07 Å². The first kappa shape index (κ1) is 18.6. The van der Waals surface area contributed by atoms with E-state index in [1.54, 1.807) is 26.2 Å². The lowest BCUT2D eigenvalue weighted by molar-refractivity contribution is -0.127. The topological polar surface area (TPSA) is 56.8 Å². The molecule has 0 spiro atoms. The van der Waals surface area contributed by atoms with E-state index in [9.17, 15) is 4.79 Å².